The van der Waals surface area contributed by atoms with Crippen LogP contribution in [0.4, 0.5) is 10.1 Å². The van der Waals surface area contributed by atoms with Gasteiger partial charge in [-0.25, -0.2) is 17.6 Å². The molecule has 0 unspecified atom stereocenters. The van der Waals surface area contributed by atoms with Crippen LogP contribution in [0, 0.1) is 12.7 Å². The fourth-order valence-corrected chi connectivity index (χ4v) is 3.94. The van der Waals surface area contributed by atoms with Crippen LogP contribution in [0.1, 0.15) is 16.1 Å². The summed E-state index contributed by atoms with van der Waals surface area (Å²) in [6.45, 7) is 1.43. The van der Waals surface area contributed by atoms with E-state index in [0.29, 0.717) is 17.0 Å². The normalized spacial score (nSPS) is 11.4. The number of carboxylic acid groups (broad SMARTS) is 1. The maximum Gasteiger partial charge on any atom is 0.354 e. The molecule has 8 nitrogen and oxygen atoms in total. The minimum atomic E-state index is -4.18. The summed E-state index contributed by atoms with van der Waals surface area (Å²) in [5.74, 6) is -1.27. The Balaban J connectivity index is 2.19. The van der Waals surface area contributed by atoms with Crippen LogP contribution >= 0.6 is 0 Å². The van der Waals surface area contributed by atoms with Gasteiger partial charge in [0, 0.05) is 11.5 Å². The van der Waals surface area contributed by atoms with E-state index in [-0.39, 0.29) is 27.2 Å². The summed E-state index contributed by atoms with van der Waals surface area (Å²) in [6.07, 6.45) is 0. The van der Waals surface area contributed by atoms with Crippen molar-refractivity contribution in [2.24, 2.45) is 0 Å². The molecule has 3 aromatic rings. The van der Waals surface area contributed by atoms with Crippen molar-refractivity contribution in [3.05, 3.63) is 47.4 Å². The van der Waals surface area contributed by atoms with Crippen LogP contribution in [0.25, 0.3) is 10.9 Å². The van der Waals surface area contributed by atoms with Crippen molar-refractivity contribution in [2.45, 2.75) is 11.8 Å². The third-order valence-corrected chi connectivity index (χ3v) is 5.54. The van der Waals surface area contributed by atoms with Crippen molar-refractivity contribution in [3.63, 3.8) is 0 Å². The van der Waals surface area contributed by atoms with Gasteiger partial charge in [-0.15, -0.1) is 0 Å². The number of anilines is 1. The van der Waals surface area contributed by atoms with Gasteiger partial charge in [0.25, 0.3) is 10.0 Å². The molecule has 0 atom stereocenters. The molecule has 0 aliphatic carbocycles. The first-order valence-corrected chi connectivity index (χ1v) is 9.46. The van der Waals surface area contributed by atoms with Gasteiger partial charge >= 0.3 is 5.97 Å². The molecule has 0 saturated heterocycles. The summed E-state index contributed by atoms with van der Waals surface area (Å²) in [5.41, 5.74) is -0.0344. The molecule has 0 saturated carbocycles. The molecule has 0 amide bonds. The van der Waals surface area contributed by atoms with E-state index in [2.05, 4.69) is 9.71 Å². The van der Waals surface area contributed by atoms with E-state index in [1.165, 1.54) is 33.3 Å². The Kier molecular flexibility index (Phi) is 4.90. The molecule has 3 N–H and O–H groups in total. The number of methoxy groups -OCH3 is 2. The molecule has 3 rings (SSSR count). The number of aromatic amines is 1. The number of ether oxygens (including phenoxy) is 2. The summed E-state index contributed by atoms with van der Waals surface area (Å²) in [4.78, 5) is 14.1. The molecule has 1 heterocycles. The van der Waals surface area contributed by atoms with Crippen molar-refractivity contribution in [1.82, 2.24) is 4.98 Å². The van der Waals surface area contributed by atoms with Crippen molar-refractivity contribution in [2.75, 3.05) is 18.9 Å². The largest absolute Gasteiger partial charge is 0.493 e. The van der Waals surface area contributed by atoms with Crippen LogP contribution < -0.4 is 14.2 Å². The number of carboxylic acids is 1. The highest BCUT2D eigenvalue weighted by Gasteiger charge is 2.25. The molecular weight excluding hydrogens is 391 g/mol. The smallest absolute Gasteiger partial charge is 0.354 e. The monoisotopic (exact) mass is 408 g/mol. The Hall–Kier alpha value is -3.27. The third-order valence-electron chi connectivity index (χ3n) is 4.19. The zero-order chi connectivity index (χ0) is 20.6. The van der Waals surface area contributed by atoms with Crippen LogP contribution in [0.2, 0.25) is 0 Å². The molecular formula is C18H17FN2O6S. The summed E-state index contributed by atoms with van der Waals surface area (Å²) < 4.78 is 51.7. The molecule has 2 aromatic carbocycles. The number of rotatable bonds is 6. The Morgan fingerprint density at radius 1 is 1.14 bits per heavy atom. The molecule has 0 fully saturated rings. The van der Waals surface area contributed by atoms with Gasteiger partial charge < -0.3 is 19.6 Å². The molecule has 0 aliphatic rings. The Labute approximate surface area is 159 Å². The van der Waals surface area contributed by atoms with Crippen molar-refractivity contribution >= 4 is 32.6 Å². The minimum absolute atomic E-state index is 0.145. The molecule has 148 valence electrons. The highest BCUT2D eigenvalue weighted by molar-refractivity contribution is 7.92. The Bertz CT molecular complexity index is 1190. The average molecular weight is 408 g/mol. The number of aryl methyl sites for hydroxylation is 1. The second-order valence-electron chi connectivity index (χ2n) is 5.95. The predicted molar refractivity (Wildman–Crippen MR) is 100 cm³/mol. The maximum atomic E-state index is 13.5. The predicted octanol–water partition coefficient (Wildman–Crippen LogP) is 3.13. The van der Waals surface area contributed by atoms with Gasteiger partial charge in [-0.3, -0.25) is 4.72 Å². The summed E-state index contributed by atoms with van der Waals surface area (Å²) in [6, 6.07) is 6.26. The number of hydrogen-bond donors (Lipinski definition) is 3. The molecule has 0 spiro atoms. The van der Waals surface area contributed by atoms with Crippen molar-refractivity contribution in [3.8, 4) is 11.5 Å². The number of H-pyrrole nitrogens is 1. The number of hydrogen-bond acceptors (Lipinski definition) is 5. The zero-order valence-electron chi connectivity index (χ0n) is 15.2. The lowest BCUT2D eigenvalue weighted by Crippen LogP contribution is -2.15. The summed E-state index contributed by atoms with van der Waals surface area (Å²) in [7, 11) is -1.35. The molecule has 0 radical (unpaired) electrons. The number of halogens is 1. The van der Waals surface area contributed by atoms with Gasteiger partial charge in [0.05, 0.1) is 30.3 Å². The fraction of sp³-hybridized carbons (Fsp3) is 0.167. The molecule has 1 aromatic heterocycles. The molecule has 0 bridgehead atoms. The van der Waals surface area contributed by atoms with Crippen molar-refractivity contribution < 1.29 is 32.2 Å². The lowest BCUT2D eigenvalue weighted by Gasteiger charge is -2.11. The Morgan fingerprint density at radius 2 is 1.79 bits per heavy atom. The standard InChI is InChI=1S/C18H17FN2O6S/c1-9-6-10(4-5-12(9)19)28(24,25)21-16-11-7-14(26-2)15(27-3)8-13(11)20-17(16)18(22)23/h4-8,20-21H,1-3H3,(H,22,23). The van der Waals surface area contributed by atoms with E-state index in [1.54, 1.807) is 0 Å². The van der Waals surface area contributed by atoms with Gasteiger partial charge in [0.15, 0.2) is 11.5 Å². The first-order chi connectivity index (χ1) is 13.2. The van der Waals surface area contributed by atoms with Crippen LogP contribution in [0.15, 0.2) is 35.2 Å². The number of aromatic carboxylic acids is 1. The molecule has 10 heteroatoms. The Morgan fingerprint density at radius 3 is 2.36 bits per heavy atom. The van der Waals surface area contributed by atoms with Gasteiger partial charge in [-0.1, -0.05) is 0 Å². The van der Waals surface area contributed by atoms with Gasteiger partial charge in [-0.05, 0) is 36.8 Å². The molecule has 0 aliphatic heterocycles. The highest BCUT2D eigenvalue weighted by Crippen LogP contribution is 2.38. The van der Waals surface area contributed by atoms with Crippen LogP contribution in [0.3, 0.4) is 0 Å². The number of nitrogens with one attached hydrogen (secondary N) is 2. The van der Waals surface area contributed by atoms with E-state index in [4.69, 9.17) is 9.47 Å². The van der Waals surface area contributed by atoms with E-state index in [1.807, 2.05) is 0 Å². The van der Waals surface area contributed by atoms with Gasteiger partial charge in [0.1, 0.15) is 11.5 Å². The second-order valence-corrected chi connectivity index (χ2v) is 7.63. The van der Waals surface area contributed by atoms with Gasteiger partial charge in [0.2, 0.25) is 0 Å². The third kappa shape index (κ3) is 3.33. The SMILES string of the molecule is COc1cc2[nH]c(C(=O)O)c(NS(=O)(=O)c3ccc(F)c(C)c3)c2cc1OC. The maximum absolute atomic E-state index is 13.5. The first-order valence-electron chi connectivity index (χ1n) is 7.98. The van der Waals surface area contributed by atoms with E-state index in [0.717, 1.165) is 18.2 Å². The van der Waals surface area contributed by atoms with E-state index < -0.39 is 21.8 Å². The van der Waals surface area contributed by atoms with Gasteiger partial charge in [-0.2, -0.15) is 0 Å². The summed E-state index contributed by atoms with van der Waals surface area (Å²) >= 11 is 0. The number of sulfonamides is 1. The number of benzene rings is 2. The zero-order valence-corrected chi connectivity index (χ0v) is 16.0. The lowest BCUT2D eigenvalue weighted by molar-refractivity contribution is 0.0692. The minimum Gasteiger partial charge on any atom is -0.493 e. The quantitative estimate of drug-likeness (QED) is 0.577. The number of carbonyl (C=O) groups is 1. The summed E-state index contributed by atoms with van der Waals surface area (Å²) in [5, 5.41) is 9.76. The topological polar surface area (TPSA) is 118 Å². The first kappa shape index (κ1) is 19.5. The molecule has 28 heavy (non-hydrogen) atoms. The highest BCUT2D eigenvalue weighted by atomic mass is 32.2. The van der Waals surface area contributed by atoms with Crippen LogP contribution in [-0.4, -0.2) is 38.7 Å². The fourth-order valence-electron chi connectivity index (χ4n) is 2.77. The van der Waals surface area contributed by atoms with E-state index in [9.17, 15) is 22.7 Å². The van der Waals surface area contributed by atoms with Crippen LogP contribution in [-0.2, 0) is 10.0 Å². The van der Waals surface area contributed by atoms with Crippen LogP contribution in [0.5, 0.6) is 11.5 Å². The van der Waals surface area contributed by atoms with E-state index >= 15 is 0 Å². The lowest BCUT2D eigenvalue weighted by atomic mass is 10.2. The number of fused-ring (bicyclic) bond motifs is 1. The average Bonchev–Trinajstić information content (AvgIpc) is 2.99. The number of aromatic nitrogens is 1. The van der Waals surface area contributed by atoms with Crippen molar-refractivity contribution in [1.29, 1.82) is 0 Å². The second kappa shape index (κ2) is 7.04.